The monoisotopic (exact) mass is 462 g/mol. The molecule has 2 aliphatic rings. The summed E-state index contributed by atoms with van der Waals surface area (Å²) in [5.41, 5.74) is -1.47. The highest BCUT2D eigenvalue weighted by Crippen LogP contribution is 2.42. The molecular weight excluding hydrogens is 439 g/mol. The van der Waals surface area contributed by atoms with Crippen molar-refractivity contribution in [1.29, 1.82) is 0 Å². The minimum absolute atomic E-state index is 0.168. The Morgan fingerprint density at radius 1 is 0.968 bits per heavy atom. The van der Waals surface area contributed by atoms with E-state index in [1.165, 1.54) is 0 Å². The summed E-state index contributed by atoms with van der Waals surface area (Å²) in [5.74, 6) is -10.3. The summed E-state index contributed by atoms with van der Waals surface area (Å²) in [7, 11) is 0. The zero-order chi connectivity index (χ0) is 23.5. The van der Waals surface area contributed by atoms with E-state index in [9.17, 15) is 36.3 Å². The summed E-state index contributed by atoms with van der Waals surface area (Å²) in [6.07, 6.45) is -4.97. The summed E-state index contributed by atoms with van der Waals surface area (Å²) in [5, 5.41) is 0. The standard InChI is InChI=1S/C18H23F5O8/c1-11(24)27-7-16(8-28-14(26)18(21,22)23)9-29-17(30-10-16)6-4-3-5-12(17)31-13(25)15(2,19)20/h12H,3-10H2,1-2H3. The van der Waals surface area contributed by atoms with Crippen LogP contribution >= 0.6 is 0 Å². The molecule has 31 heavy (non-hydrogen) atoms. The maximum Gasteiger partial charge on any atom is 0.490 e. The van der Waals surface area contributed by atoms with Crippen molar-refractivity contribution >= 4 is 17.9 Å². The van der Waals surface area contributed by atoms with Gasteiger partial charge in [-0.25, -0.2) is 9.59 Å². The van der Waals surface area contributed by atoms with Gasteiger partial charge in [0.05, 0.1) is 18.6 Å². The van der Waals surface area contributed by atoms with Crippen LogP contribution in [0.4, 0.5) is 22.0 Å². The minimum atomic E-state index is -5.23. The van der Waals surface area contributed by atoms with Crippen LogP contribution in [0, 0.1) is 5.41 Å². The van der Waals surface area contributed by atoms with Crippen molar-refractivity contribution in [2.24, 2.45) is 5.41 Å². The molecule has 1 saturated heterocycles. The van der Waals surface area contributed by atoms with Crippen LogP contribution in [0.1, 0.15) is 39.5 Å². The average Bonchev–Trinajstić information content (AvgIpc) is 2.67. The average molecular weight is 462 g/mol. The lowest BCUT2D eigenvalue weighted by Gasteiger charge is -2.49. The van der Waals surface area contributed by atoms with Crippen LogP contribution in [0.25, 0.3) is 0 Å². The number of carbonyl (C=O) groups is 3. The molecule has 0 radical (unpaired) electrons. The van der Waals surface area contributed by atoms with Gasteiger partial charge in [0.2, 0.25) is 5.79 Å². The molecule has 1 saturated carbocycles. The van der Waals surface area contributed by atoms with Crippen LogP contribution in [0.15, 0.2) is 0 Å². The first-order valence-electron chi connectivity index (χ1n) is 9.43. The maximum absolute atomic E-state index is 13.3. The third-order valence-electron chi connectivity index (χ3n) is 4.91. The first-order chi connectivity index (χ1) is 14.2. The van der Waals surface area contributed by atoms with Gasteiger partial charge in [-0.3, -0.25) is 4.79 Å². The van der Waals surface area contributed by atoms with Crippen molar-refractivity contribution in [3.8, 4) is 0 Å². The molecule has 1 atom stereocenters. The van der Waals surface area contributed by atoms with Crippen molar-refractivity contribution in [3.63, 3.8) is 0 Å². The lowest BCUT2D eigenvalue weighted by molar-refractivity contribution is -0.355. The lowest BCUT2D eigenvalue weighted by atomic mass is 9.86. The maximum atomic E-state index is 13.3. The van der Waals surface area contributed by atoms with Gasteiger partial charge < -0.3 is 23.7 Å². The number of halogens is 5. The first kappa shape index (κ1) is 25.2. The Balaban J connectivity index is 2.13. The predicted molar refractivity (Wildman–Crippen MR) is 89.7 cm³/mol. The summed E-state index contributed by atoms with van der Waals surface area (Å²) >= 11 is 0. The molecule has 1 aliphatic carbocycles. The Kier molecular flexibility index (Phi) is 7.51. The van der Waals surface area contributed by atoms with Gasteiger partial charge in [0.1, 0.15) is 13.2 Å². The molecule has 1 unspecified atom stereocenters. The van der Waals surface area contributed by atoms with Crippen LogP contribution in [0.5, 0.6) is 0 Å². The third kappa shape index (κ3) is 6.48. The molecule has 0 aromatic carbocycles. The van der Waals surface area contributed by atoms with Gasteiger partial charge >= 0.3 is 30.0 Å². The number of alkyl halides is 5. The molecule has 8 nitrogen and oxygen atoms in total. The Morgan fingerprint density at radius 3 is 2.06 bits per heavy atom. The largest absolute Gasteiger partial charge is 0.490 e. The van der Waals surface area contributed by atoms with E-state index < -0.39 is 73.7 Å². The molecule has 2 fully saturated rings. The second kappa shape index (κ2) is 9.23. The zero-order valence-corrected chi connectivity index (χ0v) is 16.9. The summed E-state index contributed by atoms with van der Waals surface area (Å²) < 4.78 is 89.3. The Morgan fingerprint density at radius 2 is 1.55 bits per heavy atom. The van der Waals surface area contributed by atoms with Crippen molar-refractivity contribution in [1.82, 2.24) is 0 Å². The molecule has 1 aliphatic heterocycles. The minimum Gasteiger partial charge on any atom is -0.465 e. The van der Waals surface area contributed by atoms with Gasteiger partial charge in [0.25, 0.3) is 0 Å². The number of esters is 3. The van der Waals surface area contributed by atoms with Gasteiger partial charge in [0, 0.05) is 20.3 Å². The number of ether oxygens (including phenoxy) is 5. The smallest absolute Gasteiger partial charge is 0.465 e. The molecule has 1 spiro atoms. The van der Waals surface area contributed by atoms with E-state index in [-0.39, 0.29) is 12.8 Å². The zero-order valence-electron chi connectivity index (χ0n) is 16.9. The fourth-order valence-corrected chi connectivity index (χ4v) is 3.19. The normalized spacial score (nSPS) is 29.3. The Labute approximate surface area is 174 Å². The molecule has 1 heterocycles. The van der Waals surface area contributed by atoms with Crippen LogP contribution in [0.3, 0.4) is 0 Å². The second-order valence-corrected chi connectivity index (χ2v) is 7.77. The molecule has 0 aromatic rings. The molecular formula is C18H23F5O8. The molecule has 0 amide bonds. The van der Waals surface area contributed by atoms with E-state index in [0.29, 0.717) is 19.8 Å². The molecule has 13 heteroatoms. The molecule has 0 aromatic heterocycles. The molecule has 0 N–H and O–H groups in total. The van der Waals surface area contributed by atoms with Crippen molar-refractivity contribution in [2.75, 3.05) is 26.4 Å². The fourth-order valence-electron chi connectivity index (χ4n) is 3.19. The quantitative estimate of drug-likeness (QED) is 0.338. The number of carbonyl (C=O) groups excluding carboxylic acids is 3. The second-order valence-electron chi connectivity index (χ2n) is 7.77. The fraction of sp³-hybridized carbons (Fsp3) is 0.833. The van der Waals surface area contributed by atoms with E-state index in [0.717, 1.165) is 6.92 Å². The van der Waals surface area contributed by atoms with Crippen molar-refractivity contribution in [2.45, 2.75) is 63.5 Å². The Hall–Kier alpha value is -2.02. The summed E-state index contributed by atoms with van der Waals surface area (Å²) in [4.78, 5) is 33.9. The van der Waals surface area contributed by atoms with Crippen LogP contribution < -0.4 is 0 Å². The predicted octanol–water partition coefficient (Wildman–Crippen LogP) is 2.53. The van der Waals surface area contributed by atoms with E-state index in [2.05, 4.69) is 4.74 Å². The number of rotatable bonds is 6. The van der Waals surface area contributed by atoms with E-state index >= 15 is 0 Å². The lowest BCUT2D eigenvalue weighted by Crippen LogP contribution is -2.60. The highest BCUT2D eigenvalue weighted by Gasteiger charge is 2.54. The third-order valence-corrected chi connectivity index (χ3v) is 4.91. The van der Waals surface area contributed by atoms with E-state index in [1.54, 1.807) is 0 Å². The van der Waals surface area contributed by atoms with Gasteiger partial charge in [0.15, 0.2) is 6.10 Å². The van der Waals surface area contributed by atoms with Gasteiger partial charge in [-0.05, 0) is 19.3 Å². The van der Waals surface area contributed by atoms with E-state index in [4.69, 9.17) is 18.9 Å². The van der Waals surface area contributed by atoms with Gasteiger partial charge in [-0.15, -0.1) is 0 Å². The van der Waals surface area contributed by atoms with Crippen molar-refractivity contribution in [3.05, 3.63) is 0 Å². The summed E-state index contributed by atoms with van der Waals surface area (Å²) in [6, 6.07) is 0. The molecule has 2 rings (SSSR count). The first-order valence-corrected chi connectivity index (χ1v) is 9.43. The SMILES string of the molecule is CC(=O)OCC1(COC(=O)C(F)(F)F)COC2(CCCCC2OC(=O)C(C)(F)F)OC1. The molecule has 0 bridgehead atoms. The number of hydrogen-bond acceptors (Lipinski definition) is 8. The molecule has 178 valence electrons. The highest BCUT2D eigenvalue weighted by molar-refractivity contribution is 5.77. The van der Waals surface area contributed by atoms with Crippen LogP contribution in [0.2, 0.25) is 0 Å². The van der Waals surface area contributed by atoms with E-state index in [1.807, 2.05) is 0 Å². The van der Waals surface area contributed by atoms with Gasteiger partial charge in [-0.2, -0.15) is 22.0 Å². The summed E-state index contributed by atoms with van der Waals surface area (Å²) in [6.45, 7) is -0.674. The Bertz CT molecular complexity index is 679. The van der Waals surface area contributed by atoms with Crippen LogP contribution in [-0.4, -0.2) is 68.3 Å². The highest BCUT2D eigenvalue weighted by atomic mass is 19.4. The van der Waals surface area contributed by atoms with Gasteiger partial charge in [-0.1, -0.05) is 0 Å². The van der Waals surface area contributed by atoms with Crippen molar-refractivity contribution < 1.29 is 60.0 Å². The van der Waals surface area contributed by atoms with Crippen LogP contribution in [-0.2, 0) is 38.1 Å². The topological polar surface area (TPSA) is 97.4 Å². The number of hydrogen-bond donors (Lipinski definition) is 0.